The number of amides is 1. The molecule has 17 heavy (non-hydrogen) atoms. The van der Waals surface area contributed by atoms with Crippen LogP contribution in [0.25, 0.3) is 0 Å². The van der Waals surface area contributed by atoms with E-state index in [9.17, 15) is 4.79 Å². The van der Waals surface area contributed by atoms with E-state index in [1.807, 2.05) is 12.1 Å². The van der Waals surface area contributed by atoms with Gasteiger partial charge in [0.25, 0.3) is 5.91 Å². The second-order valence-corrected chi connectivity index (χ2v) is 4.48. The molecule has 1 atom stereocenters. The first-order valence-electron chi connectivity index (χ1n) is 5.76. The first-order chi connectivity index (χ1) is 8.17. The highest BCUT2D eigenvalue weighted by Gasteiger charge is 2.12. The molecule has 0 aliphatic rings. The number of rotatable bonds is 6. The van der Waals surface area contributed by atoms with Gasteiger partial charge in [0.15, 0.2) is 0 Å². The summed E-state index contributed by atoms with van der Waals surface area (Å²) in [7, 11) is 1.64. The van der Waals surface area contributed by atoms with Gasteiger partial charge in [-0.05, 0) is 24.6 Å². The normalized spacial score (nSPS) is 12.2. The molecule has 0 fully saturated rings. The minimum atomic E-state index is -0.0728. The molecule has 0 spiro atoms. The Morgan fingerprint density at radius 1 is 1.53 bits per heavy atom. The van der Waals surface area contributed by atoms with Gasteiger partial charge in [-0.25, -0.2) is 0 Å². The molecule has 1 aromatic rings. The molecule has 0 aromatic heterocycles. The van der Waals surface area contributed by atoms with Crippen molar-refractivity contribution in [1.82, 2.24) is 5.32 Å². The number of hydrogen-bond acceptors (Lipinski definition) is 3. The summed E-state index contributed by atoms with van der Waals surface area (Å²) in [6.45, 7) is 2.63. The summed E-state index contributed by atoms with van der Waals surface area (Å²) >= 11 is 4.22. The molecule has 0 saturated carbocycles. The summed E-state index contributed by atoms with van der Waals surface area (Å²) in [5.74, 6) is -0.0728. The van der Waals surface area contributed by atoms with Gasteiger partial charge in [0.2, 0.25) is 0 Å². The zero-order valence-corrected chi connectivity index (χ0v) is 11.2. The van der Waals surface area contributed by atoms with Crippen molar-refractivity contribution in [2.24, 2.45) is 0 Å². The molecule has 3 nitrogen and oxygen atoms in total. The van der Waals surface area contributed by atoms with Gasteiger partial charge in [-0.15, -0.1) is 12.6 Å². The van der Waals surface area contributed by atoms with E-state index in [-0.39, 0.29) is 11.9 Å². The van der Waals surface area contributed by atoms with E-state index in [4.69, 9.17) is 4.74 Å². The highest BCUT2D eigenvalue weighted by atomic mass is 32.1. The molecule has 4 heteroatoms. The summed E-state index contributed by atoms with van der Waals surface area (Å²) in [4.78, 5) is 12.7. The SMILES string of the molecule is CCCC(COC)NC(=O)c1cccc(S)c1. The third-order valence-corrected chi connectivity index (χ3v) is 2.73. The maximum atomic E-state index is 12.0. The van der Waals surface area contributed by atoms with E-state index in [2.05, 4.69) is 24.9 Å². The summed E-state index contributed by atoms with van der Waals surface area (Å²) in [5.41, 5.74) is 0.634. The maximum Gasteiger partial charge on any atom is 0.251 e. The summed E-state index contributed by atoms with van der Waals surface area (Å²) < 4.78 is 5.09. The van der Waals surface area contributed by atoms with Gasteiger partial charge < -0.3 is 10.1 Å². The number of ether oxygens (including phenoxy) is 1. The Hall–Kier alpha value is -1.00. The molecule has 0 heterocycles. The Balaban J connectivity index is 2.63. The number of thiol groups is 1. The van der Waals surface area contributed by atoms with E-state index in [0.29, 0.717) is 12.2 Å². The van der Waals surface area contributed by atoms with Crippen molar-refractivity contribution < 1.29 is 9.53 Å². The Kier molecular flexibility index (Phi) is 6.08. The van der Waals surface area contributed by atoms with Crippen molar-refractivity contribution in [1.29, 1.82) is 0 Å². The van der Waals surface area contributed by atoms with Crippen LogP contribution in [0.3, 0.4) is 0 Å². The van der Waals surface area contributed by atoms with Gasteiger partial charge in [0, 0.05) is 17.6 Å². The average Bonchev–Trinajstić information content (AvgIpc) is 2.29. The Labute approximate surface area is 108 Å². The first-order valence-corrected chi connectivity index (χ1v) is 6.21. The van der Waals surface area contributed by atoms with Crippen molar-refractivity contribution in [3.63, 3.8) is 0 Å². The lowest BCUT2D eigenvalue weighted by Gasteiger charge is -2.17. The van der Waals surface area contributed by atoms with Crippen molar-refractivity contribution in [2.45, 2.75) is 30.7 Å². The van der Waals surface area contributed by atoms with E-state index < -0.39 is 0 Å². The largest absolute Gasteiger partial charge is 0.383 e. The van der Waals surface area contributed by atoms with Crippen LogP contribution in [0.15, 0.2) is 29.2 Å². The molecule has 0 radical (unpaired) electrons. The smallest absolute Gasteiger partial charge is 0.251 e. The van der Waals surface area contributed by atoms with Crippen LogP contribution in [0.2, 0.25) is 0 Å². The zero-order chi connectivity index (χ0) is 12.7. The number of nitrogens with one attached hydrogen (secondary N) is 1. The van der Waals surface area contributed by atoms with Gasteiger partial charge in [0.1, 0.15) is 0 Å². The van der Waals surface area contributed by atoms with E-state index >= 15 is 0 Å². The van der Waals surface area contributed by atoms with Crippen LogP contribution in [0, 0.1) is 0 Å². The second kappa shape index (κ2) is 7.35. The van der Waals surface area contributed by atoms with Crippen LogP contribution in [0.1, 0.15) is 30.1 Å². The maximum absolute atomic E-state index is 12.0. The highest BCUT2D eigenvalue weighted by molar-refractivity contribution is 7.80. The van der Waals surface area contributed by atoms with E-state index in [0.717, 1.165) is 17.7 Å². The third-order valence-electron chi connectivity index (χ3n) is 2.45. The third kappa shape index (κ3) is 4.79. The first kappa shape index (κ1) is 14.1. The lowest BCUT2D eigenvalue weighted by Crippen LogP contribution is -2.37. The van der Waals surface area contributed by atoms with Crippen LogP contribution in [-0.2, 0) is 4.74 Å². The van der Waals surface area contributed by atoms with Gasteiger partial charge in [0.05, 0.1) is 12.6 Å². The quantitative estimate of drug-likeness (QED) is 0.765. The Morgan fingerprint density at radius 2 is 2.29 bits per heavy atom. The van der Waals surface area contributed by atoms with Crippen LogP contribution in [0.4, 0.5) is 0 Å². The highest BCUT2D eigenvalue weighted by Crippen LogP contribution is 2.09. The van der Waals surface area contributed by atoms with Crippen LogP contribution in [-0.4, -0.2) is 25.7 Å². The number of benzene rings is 1. The molecule has 1 N–H and O–H groups in total. The van der Waals surface area contributed by atoms with Gasteiger partial charge >= 0.3 is 0 Å². The molecule has 0 bridgehead atoms. The van der Waals surface area contributed by atoms with Crippen molar-refractivity contribution in [3.05, 3.63) is 29.8 Å². The molecule has 0 saturated heterocycles. The number of carbonyl (C=O) groups excluding carboxylic acids is 1. The second-order valence-electron chi connectivity index (χ2n) is 3.96. The molecule has 1 aromatic carbocycles. The topological polar surface area (TPSA) is 38.3 Å². The van der Waals surface area contributed by atoms with E-state index in [1.165, 1.54) is 0 Å². The minimum Gasteiger partial charge on any atom is -0.383 e. The predicted octanol–water partition coefficient (Wildman–Crippen LogP) is 2.52. The van der Waals surface area contributed by atoms with Crippen molar-refractivity contribution in [3.8, 4) is 0 Å². The Morgan fingerprint density at radius 3 is 2.88 bits per heavy atom. The molecule has 1 rings (SSSR count). The summed E-state index contributed by atoms with van der Waals surface area (Å²) in [6.07, 6.45) is 1.93. The predicted molar refractivity (Wildman–Crippen MR) is 71.7 cm³/mol. The fourth-order valence-corrected chi connectivity index (χ4v) is 1.89. The van der Waals surface area contributed by atoms with Crippen LogP contribution < -0.4 is 5.32 Å². The molecular weight excluding hydrogens is 234 g/mol. The molecule has 1 unspecified atom stereocenters. The molecule has 0 aliphatic heterocycles. The number of carbonyl (C=O) groups is 1. The van der Waals surface area contributed by atoms with Gasteiger partial charge in [-0.1, -0.05) is 19.4 Å². The molecular formula is C13H19NO2S. The van der Waals surface area contributed by atoms with E-state index in [1.54, 1.807) is 19.2 Å². The monoisotopic (exact) mass is 253 g/mol. The molecule has 0 aliphatic carbocycles. The number of hydrogen-bond donors (Lipinski definition) is 2. The molecule has 94 valence electrons. The van der Waals surface area contributed by atoms with Gasteiger partial charge in [-0.3, -0.25) is 4.79 Å². The minimum absolute atomic E-state index is 0.0704. The lowest BCUT2D eigenvalue weighted by molar-refractivity contribution is 0.0891. The van der Waals surface area contributed by atoms with Gasteiger partial charge in [-0.2, -0.15) is 0 Å². The fraction of sp³-hybridized carbons (Fsp3) is 0.462. The molecule has 1 amide bonds. The zero-order valence-electron chi connectivity index (χ0n) is 10.3. The Bertz CT molecular complexity index is 362. The summed E-state index contributed by atoms with van der Waals surface area (Å²) in [6, 6.07) is 7.28. The van der Waals surface area contributed by atoms with Crippen molar-refractivity contribution in [2.75, 3.05) is 13.7 Å². The van der Waals surface area contributed by atoms with Crippen LogP contribution >= 0.6 is 12.6 Å². The number of methoxy groups -OCH3 is 1. The fourth-order valence-electron chi connectivity index (χ4n) is 1.66. The summed E-state index contributed by atoms with van der Waals surface area (Å²) in [5, 5.41) is 2.96. The van der Waals surface area contributed by atoms with Crippen LogP contribution in [0.5, 0.6) is 0 Å². The average molecular weight is 253 g/mol. The van der Waals surface area contributed by atoms with Crippen molar-refractivity contribution >= 4 is 18.5 Å². The standard InChI is InChI=1S/C13H19NO2S/c1-3-5-11(9-16-2)14-13(15)10-6-4-7-12(17)8-10/h4,6-8,11,17H,3,5,9H2,1-2H3,(H,14,15). The lowest BCUT2D eigenvalue weighted by atomic mass is 10.1.